The highest BCUT2D eigenvalue weighted by molar-refractivity contribution is 5.88. The first-order valence-electron chi connectivity index (χ1n) is 22.4. The maximum atomic E-state index is 13.8. The molecule has 0 bridgehead atoms. The number of tetrazole rings is 1. The fraction of sp³-hybridized carbons (Fsp3) is 0.638. The van der Waals surface area contributed by atoms with E-state index in [0.717, 1.165) is 54.4 Å². The second kappa shape index (κ2) is 28.1. The van der Waals surface area contributed by atoms with Gasteiger partial charge in [-0.3, -0.25) is 19.2 Å². The molecule has 0 unspecified atom stereocenters. The molecule has 0 radical (unpaired) electrons. The van der Waals surface area contributed by atoms with Crippen LogP contribution in [0, 0.1) is 5.92 Å². The van der Waals surface area contributed by atoms with Crippen molar-refractivity contribution in [3.05, 3.63) is 54.1 Å². The van der Waals surface area contributed by atoms with Gasteiger partial charge in [0, 0.05) is 31.5 Å². The number of H-pyrrole nitrogens is 1. The van der Waals surface area contributed by atoms with Crippen LogP contribution in [0.2, 0.25) is 0 Å². The molecule has 3 rings (SSSR count). The summed E-state index contributed by atoms with van der Waals surface area (Å²) in [4.78, 5) is 54.2. The molecule has 0 aliphatic heterocycles. The van der Waals surface area contributed by atoms with Crippen molar-refractivity contribution in [3.63, 3.8) is 0 Å². The molecule has 0 aliphatic rings. The van der Waals surface area contributed by atoms with Gasteiger partial charge in [-0.25, -0.2) is 0 Å². The Morgan fingerprint density at radius 3 is 1.88 bits per heavy atom. The van der Waals surface area contributed by atoms with Crippen LogP contribution in [0.25, 0.3) is 22.5 Å². The van der Waals surface area contributed by atoms with Gasteiger partial charge in [-0.2, -0.15) is 5.21 Å². The highest BCUT2D eigenvalue weighted by Gasteiger charge is 2.32. The molecular formula is C47H73N7O4. The van der Waals surface area contributed by atoms with Crippen molar-refractivity contribution < 1.29 is 19.2 Å². The summed E-state index contributed by atoms with van der Waals surface area (Å²) in [5.41, 5.74) is 3.73. The van der Waals surface area contributed by atoms with Gasteiger partial charge >= 0.3 is 0 Å². The molecule has 3 amide bonds. The number of carbonyl (C=O) groups excluding carboxylic acids is 4. The number of amides is 3. The van der Waals surface area contributed by atoms with Crippen LogP contribution >= 0.6 is 0 Å². The lowest BCUT2D eigenvalue weighted by Gasteiger charge is -2.34. The molecule has 58 heavy (non-hydrogen) atoms. The highest BCUT2D eigenvalue weighted by Crippen LogP contribution is 2.30. The quantitative estimate of drug-likeness (QED) is 0.0549. The van der Waals surface area contributed by atoms with Crippen molar-refractivity contribution in [2.45, 2.75) is 182 Å². The fourth-order valence-corrected chi connectivity index (χ4v) is 7.55. The lowest BCUT2D eigenvalue weighted by atomic mass is 9.97. The van der Waals surface area contributed by atoms with Gasteiger partial charge in [-0.1, -0.05) is 160 Å². The molecule has 1 aromatic heterocycles. The van der Waals surface area contributed by atoms with E-state index in [1.807, 2.05) is 62.4 Å². The van der Waals surface area contributed by atoms with Gasteiger partial charge in [0.25, 0.3) is 0 Å². The smallest absolute Gasteiger partial charge is 0.243 e. The van der Waals surface area contributed by atoms with Gasteiger partial charge in [-0.15, -0.1) is 10.2 Å². The molecule has 0 saturated heterocycles. The number of carbonyl (C=O) groups is 4. The average molecular weight is 800 g/mol. The first-order valence-corrected chi connectivity index (χ1v) is 22.4. The number of hydrogen-bond donors (Lipinski definition) is 3. The SMILES string of the molecule is CCCCCCCCCCCCCCCC(=O)N[C@H](CCCCNC(=O)[C@H](C(C)C)N(Cc1ccc(-c2ccccc2-c2nn[nH]n2)cc1)C(=O)CCCC)C(C)=O. The zero-order valence-electron chi connectivity index (χ0n) is 36.3. The number of unbranched alkanes of at least 4 members (excludes halogenated alkanes) is 14. The van der Waals surface area contributed by atoms with Gasteiger partial charge in [0.1, 0.15) is 6.04 Å². The van der Waals surface area contributed by atoms with Crippen LogP contribution in [0.3, 0.4) is 0 Å². The van der Waals surface area contributed by atoms with E-state index < -0.39 is 12.1 Å². The molecule has 1 heterocycles. The van der Waals surface area contributed by atoms with E-state index in [4.69, 9.17) is 0 Å². The second-order valence-corrected chi connectivity index (χ2v) is 16.3. The normalized spacial score (nSPS) is 12.3. The van der Waals surface area contributed by atoms with Gasteiger partial charge < -0.3 is 15.5 Å². The molecule has 2 aromatic carbocycles. The lowest BCUT2D eigenvalue weighted by molar-refractivity contribution is -0.143. The number of rotatable bonds is 31. The zero-order chi connectivity index (χ0) is 42.0. The number of ketones is 1. The third kappa shape index (κ3) is 17.6. The summed E-state index contributed by atoms with van der Waals surface area (Å²) in [5.74, 6) is 0.0688. The second-order valence-electron chi connectivity index (χ2n) is 16.3. The molecule has 0 fully saturated rings. The van der Waals surface area contributed by atoms with Crippen molar-refractivity contribution in [1.29, 1.82) is 0 Å². The summed E-state index contributed by atoms with van der Waals surface area (Å²) < 4.78 is 0. The topological polar surface area (TPSA) is 150 Å². The maximum Gasteiger partial charge on any atom is 0.243 e. The van der Waals surface area contributed by atoms with E-state index in [1.54, 1.807) is 4.90 Å². The Balaban J connectivity index is 1.45. The van der Waals surface area contributed by atoms with E-state index in [2.05, 4.69) is 45.1 Å². The molecule has 320 valence electrons. The highest BCUT2D eigenvalue weighted by atomic mass is 16.2. The maximum absolute atomic E-state index is 13.8. The Bertz CT molecular complexity index is 1610. The van der Waals surface area contributed by atoms with E-state index in [0.29, 0.717) is 51.0 Å². The minimum Gasteiger partial charge on any atom is -0.354 e. The Morgan fingerprint density at radius 2 is 1.31 bits per heavy atom. The summed E-state index contributed by atoms with van der Waals surface area (Å²) in [6, 6.07) is 14.8. The molecule has 3 aromatic rings. The number of hydrogen-bond acceptors (Lipinski definition) is 7. The van der Waals surface area contributed by atoms with Gasteiger partial charge in [0.05, 0.1) is 6.04 Å². The minimum atomic E-state index is -0.641. The van der Waals surface area contributed by atoms with Crippen molar-refractivity contribution in [3.8, 4) is 22.5 Å². The first-order chi connectivity index (χ1) is 28.2. The van der Waals surface area contributed by atoms with Crippen molar-refractivity contribution in [2.24, 2.45) is 5.92 Å². The van der Waals surface area contributed by atoms with Gasteiger partial charge in [0.15, 0.2) is 5.78 Å². The van der Waals surface area contributed by atoms with Crippen LogP contribution in [-0.2, 0) is 25.7 Å². The van der Waals surface area contributed by atoms with E-state index >= 15 is 0 Å². The third-order valence-corrected chi connectivity index (χ3v) is 11.0. The van der Waals surface area contributed by atoms with Crippen LogP contribution in [-0.4, -0.2) is 67.7 Å². The van der Waals surface area contributed by atoms with E-state index in [9.17, 15) is 19.2 Å². The molecule has 11 nitrogen and oxygen atoms in total. The van der Waals surface area contributed by atoms with Crippen LogP contribution in [0.1, 0.15) is 169 Å². The predicted octanol–water partition coefficient (Wildman–Crippen LogP) is 9.92. The largest absolute Gasteiger partial charge is 0.354 e. The first kappa shape index (κ1) is 48.0. The molecule has 0 saturated carbocycles. The van der Waals surface area contributed by atoms with Crippen LogP contribution in [0.4, 0.5) is 0 Å². The Kier molecular flexibility index (Phi) is 23.2. The van der Waals surface area contributed by atoms with E-state index in [-0.39, 0.29) is 29.4 Å². The van der Waals surface area contributed by atoms with Crippen LogP contribution in [0.15, 0.2) is 48.5 Å². The summed E-state index contributed by atoms with van der Waals surface area (Å²) in [6.45, 7) is 10.5. The lowest BCUT2D eigenvalue weighted by Crippen LogP contribution is -2.52. The molecule has 3 N–H and O–H groups in total. The van der Waals surface area contributed by atoms with Crippen LogP contribution in [0.5, 0.6) is 0 Å². The molecule has 11 heteroatoms. The number of Topliss-reactive ketones (excluding diaryl/α,β-unsaturated/α-hetero) is 1. The molecule has 0 spiro atoms. The standard InChI is InChI=1S/C47H73N7O4/c1-6-8-10-11-12-13-14-15-16-17-18-19-20-28-43(56)49-42(37(5)55)27-23-24-34-48-47(58)45(36(3)4)54(44(57)29-9-7-2)35-38-30-32-39(33-31-38)40-25-21-22-26-41(40)46-50-52-53-51-46/h21-22,25-26,30-33,36,42,45H,6-20,23-24,27-29,34-35H2,1-5H3,(H,48,58)(H,49,56)(H,50,51,52,53)/t42-,45+/m1/s1. The summed E-state index contributed by atoms with van der Waals surface area (Å²) >= 11 is 0. The van der Waals surface area contributed by atoms with Crippen LogP contribution < -0.4 is 10.6 Å². The number of nitrogens with one attached hydrogen (secondary N) is 3. The Morgan fingerprint density at radius 1 is 0.707 bits per heavy atom. The zero-order valence-corrected chi connectivity index (χ0v) is 36.3. The Labute approximate surface area is 348 Å². The summed E-state index contributed by atoms with van der Waals surface area (Å²) in [6.07, 6.45) is 20.6. The Hall–Kier alpha value is -4.41. The number of aromatic nitrogens is 4. The number of nitrogens with zero attached hydrogens (tertiary/aromatic N) is 4. The summed E-state index contributed by atoms with van der Waals surface area (Å²) in [5, 5.41) is 20.6. The van der Waals surface area contributed by atoms with Crippen molar-refractivity contribution >= 4 is 23.5 Å². The molecular weight excluding hydrogens is 727 g/mol. The fourth-order valence-electron chi connectivity index (χ4n) is 7.55. The minimum absolute atomic E-state index is 0.0407. The average Bonchev–Trinajstić information content (AvgIpc) is 3.76. The number of benzene rings is 2. The van der Waals surface area contributed by atoms with Gasteiger partial charge in [0.2, 0.25) is 23.5 Å². The van der Waals surface area contributed by atoms with Gasteiger partial charge in [-0.05, 0) is 66.8 Å². The van der Waals surface area contributed by atoms with Crippen molar-refractivity contribution in [2.75, 3.05) is 6.54 Å². The monoisotopic (exact) mass is 800 g/mol. The molecule has 0 aliphatic carbocycles. The number of aromatic amines is 1. The third-order valence-electron chi connectivity index (χ3n) is 11.0. The van der Waals surface area contributed by atoms with Crippen molar-refractivity contribution in [1.82, 2.24) is 36.2 Å². The molecule has 2 atom stereocenters. The van der Waals surface area contributed by atoms with E-state index in [1.165, 1.54) is 71.1 Å². The summed E-state index contributed by atoms with van der Waals surface area (Å²) in [7, 11) is 0. The predicted molar refractivity (Wildman–Crippen MR) is 234 cm³/mol.